The average molecular weight is 540 g/mol. The average Bonchev–Trinajstić information content (AvgIpc) is 2.88. The molecule has 0 saturated carbocycles. The van der Waals surface area contributed by atoms with Crippen LogP contribution in [-0.4, -0.2) is 56.9 Å². The maximum Gasteiger partial charge on any atom is 0.206 e. The fourth-order valence-electron chi connectivity index (χ4n) is 3.77. The summed E-state index contributed by atoms with van der Waals surface area (Å²) in [6, 6.07) is 16.9. The number of nitrogens with zero attached hydrogens (tertiary/aromatic N) is 3. The molecule has 9 nitrogen and oxygen atoms in total. The number of hydrogen-bond acceptors (Lipinski definition) is 9. The van der Waals surface area contributed by atoms with Gasteiger partial charge in [0.05, 0.1) is 27.3 Å². The van der Waals surface area contributed by atoms with Crippen LogP contribution in [0.2, 0.25) is 0 Å². The molecule has 4 aromatic rings. The van der Waals surface area contributed by atoms with Gasteiger partial charge in [-0.05, 0) is 68.3 Å². The zero-order chi connectivity index (χ0) is 26.3. The summed E-state index contributed by atoms with van der Waals surface area (Å²) in [4.78, 5) is 13.7. The first-order valence-corrected chi connectivity index (χ1v) is 15.4. The molecule has 0 atom stereocenters. The molecule has 2 N–H and O–H groups in total. The Balaban J connectivity index is 1.40. The van der Waals surface area contributed by atoms with E-state index in [1.54, 1.807) is 60.8 Å². The van der Waals surface area contributed by atoms with Crippen LogP contribution in [0.4, 0.5) is 11.5 Å². The van der Waals surface area contributed by atoms with E-state index in [1.165, 1.54) is 12.6 Å². The van der Waals surface area contributed by atoms with Gasteiger partial charge in [0.15, 0.2) is 0 Å². The minimum Gasteiger partial charge on any atom is -0.340 e. The molecule has 0 unspecified atom stereocenters. The molecule has 2 heterocycles. The summed E-state index contributed by atoms with van der Waals surface area (Å²) in [5.74, 6) is 0.746. The van der Waals surface area contributed by atoms with Crippen LogP contribution in [0.3, 0.4) is 0 Å². The molecule has 2 aromatic heterocycles. The van der Waals surface area contributed by atoms with Gasteiger partial charge in [-0.15, -0.1) is 0 Å². The highest BCUT2D eigenvalue weighted by Crippen LogP contribution is 2.26. The Bertz CT molecular complexity index is 1560. The molecule has 0 saturated heterocycles. The van der Waals surface area contributed by atoms with Gasteiger partial charge in [0.1, 0.15) is 22.0 Å². The first-order chi connectivity index (χ1) is 17.7. The van der Waals surface area contributed by atoms with Crippen molar-refractivity contribution in [1.29, 1.82) is 0 Å². The van der Waals surface area contributed by atoms with E-state index >= 15 is 0 Å². The molecule has 0 spiro atoms. The van der Waals surface area contributed by atoms with Crippen molar-refractivity contribution in [3.63, 3.8) is 0 Å². The van der Waals surface area contributed by atoms with Gasteiger partial charge in [-0.1, -0.05) is 18.2 Å². The first kappa shape index (κ1) is 26.6. The van der Waals surface area contributed by atoms with Gasteiger partial charge >= 0.3 is 0 Å². The predicted octanol–water partition coefficient (Wildman–Crippen LogP) is 3.56. The number of benzene rings is 2. The number of sulfone groups is 2. The Morgan fingerprint density at radius 1 is 0.811 bits per heavy atom. The Labute approximate surface area is 217 Å². The number of fused-ring (bicyclic) bond motifs is 1. The SMILES string of the molecule is CS(=O)(=O)CCNCCCCc1cc2c(Nc3ccc(S(=O)(=O)c4ccccc4)cc3)ncnc2cn1. The lowest BCUT2D eigenvalue weighted by molar-refractivity contribution is 0.591. The van der Waals surface area contributed by atoms with E-state index in [-0.39, 0.29) is 15.5 Å². The van der Waals surface area contributed by atoms with Crippen LogP contribution in [0, 0.1) is 0 Å². The zero-order valence-electron chi connectivity index (χ0n) is 20.5. The van der Waals surface area contributed by atoms with Crippen molar-refractivity contribution in [1.82, 2.24) is 20.3 Å². The topological polar surface area (TPSA) is 131 Å². The lowest BCUT2D eigenvalue weighted by atomic mass is 10.1. The Morgan fingerprint density at radius 2 is 1.54 bits per heavy atom. The van der Waals surface area contributed by atoms with E-state index in [0.717, 1.165) is 36.9 Å². The van der Waals surface area contributed by atoms with Gasteiger partial charge in [0.25, 0.3) is 0 Å². The van der Waals surface area contributed by atoms with E-state index in [9.17, 15) is 16.8 Å². The van der Waals surface area contributed by atoms with Crippen molar-refractivity contribution in [2.45, 2.75) is 29.1 Å². The van der Waals surface area contributed by atoms with E-state index in [4.69, 9.17) is 0 Å². The van der Waals surface area contributed by atoms with Gasteiger partial charge in [0, 0.05) is 29.6 Å². The second-order valence-electron chi connectivity index (χ2n) is 8.72. The summed E-state index contributed by atoms with van der Waals surface area (Å²) in [5.41, 5.74) is 2.31. The number of rotatable bonds is 12. The van der Waals surface area contributed by atoms with Crippen LogP contribution >= 0.6 is 0 Å². The number of pyridine rings is 1. The number of unbranched alkanes of at least 4 members (excludes halogenated alkanes) is 1. The van der Waals surface area contributed by atoms with Gasteiger partial charge in [-0.2, -0.15) is 0 Å². The zero-order valence-corrected chi connectivity index (χ0v) is 22.1. The maximum absolute atomic E-state index is 12.8. The molecule has 0 radical (unpaired) electrons. The number of aryl methyl sites for hydroxylation is 1. The van der Waals surface area contributed by atoms with Gasteiger partial charge in [-0.3, -0.25) is 4.98 Å². The van der Waals surface area contributed by atoms with Crippen molar-refractivity contribution < 1.29 is 16.8 Å². The van der Waals surface area contributed by atoms with Crippen molar-refractivity contribution in [3.05, 3.63) is 78.9 Å². The molecule has 37 heavy (non-hydrogen) atoms. The van der Waals surface area contributed by atoms with E-state index in [2.05, 4.69) is 25.6 Å². The number of anilines is 2. The summed E-state index contributed by atoms with van der Waals surface area (Å²) in [7, 11) is -6.53. The molecule has 0 aliphatic rings. The van der Waals surface area contributed by atoms with Crippen LogP contribution in [0.5, 0.6) is 0 Å². The highest BCUT2D eigenvalue weighted by molar-refractivity contribution is 7.91. The van der Waals surface area contributed by atoms with Crippen LogP contribution < -0.4 is 10.6 Å². The second-order valence-corrected chi connectivity index (χ2v) is 12.9. The third kappa shape index (κ3) is 7.31. The van der Waals surface area contributed by atoms with Crippen LogP contribution in [-0.2, 0) is 26.1 Å². The smallest absolute Gasteiger partial charge is 0.206 e. The normalized spacial score (nSPS) is 12.0. The summed E-state index contributed by atoms with van der Waals surface area (Å²) in [5, 5.41) is 7.23. The monoisotopic (exact) mass is 539 g/mol. The molecule has 2 aromatic carbocycles. The summed E-state index contributed by atoms with van der Waals surface area (Å²) < 4.78 is 48.0. The van der Waals surface area contributed by atoms with E-state index in [1.807, 2.05) is 6.07 Å². The number of aromatic nitrogens is 3. The molecular formula is C26H29N5O4S2. The highest BCUT2D eigenvalue weighted by atomic mass is 32.2. The third-order valence-electron chi connectivity index (χ3n) is 5.75. The van der Waals surface area contributed by atoms with Crippen LogP contribution in [0.15, 0.2) is 83.0 Å². The molecule has 194 valence electrons. The second kappa shape index (κ2) is 11.8. The largest absolute Gasteiger partial charge is 0.340 e. The molecule has 11 heteroatoms. The Morgan fingerprint density at radius 3 is 2.27 bits per heavy atom. The highest BCUT2D eigenvalue weighted by Gasteiger charge is 2.17. The number of nitrogens with one attached hydrogen (secondary N) is 2. The van der Waals surface area contributed by atoms with Crippen molar-refractivity contribution in [2.24, 2.45) is 0 Å². The Hall–Kier alpha value is -3.41. The molecular weight excluding hydrogens is 510 g/mol. The quantitative estimate of drug-likeness (QED) is 0.259. The Kier molecular flexibility index (Phi) is 8.47. The molecule has 0 bridgehead atoms. The minimum absolute atomic E-state index is 0.139. The first-order valence-electron chi connectivity index (χ1n) is 11.9. The number of hydrogen-bond donors (Lipinski definition) is 2. The molecule has 0 amide bonds. The van der Waals surface area contributed by atoms with Crippen LogP contribution in [0.25, 0.3) is 10.9 Å². The molecule has 4 rings (SSSR count). The lowest BCUT2D eigenvalue weighted by Gasteiger charge is -2.10. The maximum atomic E-state index is 12.8. The van der Waals surface area contributed by atoms with E-state index < -0.39 is 19.7 Å². The summed E-state index contributed by atoms with van der Waals surface area (Å²) >= 11 is 0. The van der Waals surface area contributed by atoms with Gasteiger partial charge < -0.3 is 10.6 Å². The fraction of sp³-hybridized carbons (Fsp3) is 0.269. The molecule has 0 aliphatic carbocycles. The van der Waals surface area contributed by atoms with Crippen molar-refractivity contribution >= 4 is 42.1 Å². The van der Waals surface area contributed by atoms with Crippen molar-refractivity contribution in [2.75, 3.05) is 30.4 Å². The third-order valence-corrected chi connectivity index (χ3v) is 8.48. The minimum atomic E-state index is -3.58. The summed E-state index contributed by atoms with van der Waals surface area (Å²) in [6.45, 7) is 1.20. The predicted molar refractivity (Wildman–Crippen MR) is 144 cm³/mol. The molecule has 0 aliphatic heterocycles. The van der Waals surface area contributed by atoms with Gasteiger partial charge in [0.2, 0.25) is 9.84 Å². The molecule has 0 fully saturated rings. The standard InChI is InChI=1S/C26H29N5O4S2/c1-36(32,33)16-15-27-14-6-5-7-21-17-24-25(18-28-21)29-19-30-26(24)31-20-10-12-23(13-11-20)37(34,35)22-8-3-2-4-9-22/h2-4,8-13,17-19,27H,5-7,14-16H2,1H3,(H,29,30,31). The fourth-order valence-corrected chi connectivity index (χ4v) is 5.56. The summed E-state index contributed by atoms with van der Waals surface area (Å²) in [6.07, 6.45) is 6.98. The van der Waals surface area contributed by atoms with E-state index in [0.29, 0.717) is 23.6 Å². The van der Waals surface area contributed by atoms with Gasteiger partial charge in [-0.25, -0.2) is 26.8 Å². The lowest BCUT2D eigenvalue weighted by Crippen LogP contribution is -2.23. The van der Waals surface area contributed by atoms with Crippen molar-refractivity contribution in [3.8, 4) is 0 Å². The van der Waals surface area contributed by atoms with Crippen LogP contribution in [0.1, 0.15) is 18.5 Å².